The van der Waals surface area contributed by atoms with Gasteiger partial charge in [-0.05, 0) is 31.2 Å². The summed E-state index contributed by atoms with van der Waals surface area (Å²) in [6.45, 7) is 5.42. The maximum absolute atomic E-state index is 13.3. The van der Waals surface area contributed by atoms with Gasteiger partial charge in [0.1, 0.15) is 0 Å². The number of carbonyl (C=O) groups excluding carboxylic acids is 3. The highest BCUT2D eigenvalue weighted by Crippen LogP contribution is 2.55. The van der Waals surface area contributed by atoms with Crippen molar-refractivity contribution in [3.8, 4) is 0 Å². The van der Waals surface area contributed by atoms with E-state index < -0.39 is 0 Å². The van der Waals surface area contributed by atoms with Gasteiger partial charge in [0.05, 0.1) is 18.6 Å². The third kappa shape index (κ3) is 3.50. The third-order valence-corrected chi connectivity index (χ3v) is 7.63. The first kappa shape index (κ1) is 20.9. The van der Waals surface area contributed by atoms with Crippen molar-refractivity contribution >= 4 is 17.7 Å². The van der Waals surface area contributed by atoms with Crippen LogP contribution in [0.4, 0.5) is 0 Å². The minimum absolute atomic E-state index is 0.0142. The molecule has 6 heteroatoms. The summed E-state index contributed by atoms with van der Waals surface area (Å²) in [5, 5.41) is 2.69. The largest absolute Gasteiger partial charge is 0.347 e. The van der Waals surface area contributed by atoms with E-state index in [1.165, 1.54) is 12.5 Å². The van der Waals surface area contributed by atoms with Crippen molar-refractivity contribution < 1.29 is 14.4 Å². The normalized spacial score (nSPS) is 32.5. The third-order valence-electron chi connectivity index (χ3n) is 7.63. The molecular formula is C24H33N3O3. The van der Waals surface area contributed by atoms with E-state index in [9.17, 15) is 14.4 Å². The fourth-order valence-corrected chi connectivity index (χ4v) is 6.45. The predicted octanol–water partition coefficient (Wildman–Crippen LogP) is 2.51. The average Bonchev–Trinajstić information content (AvgIpc) is 2.85. The van der Waals surface area contributed by atoms with Crippen LogP contribution < -0.4 is 5.32 Å². The molecule has 0 aromatic heterocycles. The summed E-state index contributed by atoms with van der Waals surface area (Å²) in [5.74, 6) is -0.108. The first-order valence-electron chi connectivity index (χ1n) is 11.2. The van der Waals surface area contributed by atoms with E-state index >= 15 is 0 Å². The van der Waals surface area contributed by atoms with Crippen LogP contribution in [0.3, 0.4) is 0 Å². The topological polar surface area (TPSA) is 69.7 Å². The minimum atomic E-state index is -0.193. The molecule has 0 spiro atoms. The highest BCUT2D eigenvalue weighted by Gasteiger charge is 2.63. The first-order valence-corrected chi connectivity index (χ1v) is 11.2. The van der Waals surface area contributed by atoms with Gasteiger partial charge in [-0.25, -0.2) is 0 Å². The molecular weight excluding hydrogens is 378 g/mol. The molecule has 0 radical (unpaired) electrons. The predicted molar refractivity (Wildman–Crippen MR) is 115 cm³/mol. The number of fused-ring (bicyclic) bond motifs is 1. The van der Waals surface area contributed by atoms with Crippen LogP contribution in [-0.4, -0.2) is 58.2 Å². The van der Waals surface area contributed by atoms with Crippen LogP contribution in [0, 0.1) is 5.41 Å². The molecule has 2 aliphatic heterocycles. The molecule has 6 nitrogen and oxygen atoms in total. The maximum Gasteiger partial charge on any atom is 0.242 e. The van der Waals surface area contributed by atoms with Crippen LogP contribution in [-0.2, 0) is 20.8 Å². The van der Waals surface area contributed by atoms with Gasteiger partial charge in [0, 0.05) is 31.3 Å². The molecule has 0 unspecified atom stereocenters. The van der Waals surface area contributed by atoms with Gasteiger partial charge >= 0.3 is 0 Å². The minimum Gasteiger partial charge on any atom is -0.347 e. The number of amides is 3. The van der Waals surface area contributed by atoms with Gasteiger partial charge in [0.2, 0.25) is 17.7 Å². The van der Waals surface area contributed by atoms with Crippen molar-refractivity contribution in [2.75, 3.05) is 6.54 Å². The average molecular weight is 412 g/mol. The molecule has 1 aromatic rings. The number of rotatable bonds is 4. The molecule has 1 saturated carbocycles. The molecule has 1 aliphatic carbocycles. The SMILES string of the molecule is CC(=O)NCC(=O)N1[C@H]2CCCC[C@H]3N(C(C)=O)[C@@H](Cc4ccccc4)[C@@H]1C[C@@]23C. The van der Waals surface area contributed by atoms with Gasteiger partial charge in [0.25, 0.3) is 0 Å². The van der Waals surface area contributed by atoms with Crippen LogP contribution in [0.15, 0.2) is 30.3 Å². The summed E-state index contributed by atoms with van der Waals surface area (Å²) in [6, 6.07) is 10.5. The zero-order valence-corrected chi connectivity index (χ0v) is 18.3. The molecule has 5 atom stereocenters. The molecule has 162 valence electrons. The second-order valence-corrected chi connectivity index (χ2v) is 9.49. The summed E-state index contributed by atoms with van der Waals surface area (Å²) in [7, 11) is 0. The summed E-state index contributed by atoms with van der Waals surface area (Å²) in [4.78, 5) is 41.9. The van der Waals surface area contributed by atoms with E-state index in [1.54, 1.807) is 6.92 Å². The number of piperidine rings is 1. The molecule has 1 N–H and O–H groups in total. The molecule has 2 saturated heterocycles. The fraction of sp³-hybridized carbons (Fsp3) is 0.625. The van der Waals surface area contributed by atoms with Crippen molar-refractivity contribution in [1.29, 1.82) is 0 Å². The van der Waals surface area contributed by atoms with Gasteiger partial charge in [-0.2, -0.15) is 0 Å². The van der Waals surface area contributed by atoms with Crippen molar-refractivity contribution in [2.24, 2.45) is 5.41 Å². The highest BCUT2D eigenvalue weighted by molar-refractivity contribution is 5.85. The van der Waals surface area contributed by atoms with Gasteiger partial charge in [-0.1, -0.05) is 50.1 Å². The Hall–Kier alpha value is -2.37. The number of hydrogen-bond acceptors (Lipinski definition) is 3. The van der Waals surface area contributed by atoms with Crippen LogP contribution >= 0.6 is 0 Å². The van der Waals surface area contributed by atoms with Crippen LogP contribution in [0.2, 0.25) is 0 Å². The molecule has 1 aromatic carbocycles. The van der Waals surface area contributed by atoms with Crippen molar-refractivity contribution in [3.63, 3.8) is 0 Å². The Balaban J connectivity index is 1.74. The lowest BCUT2D eigenvalue weighted by Crippen LogP contribution is -2.61. The number of nitrogens with one attached hydrogen (secondary N) is 1. The van der Waals surface area contributed by atoms with E-state index in [4.69, 9.17) is 0 Å². The van der Waals surface area contributed by atoms with Crippen molar-refractivity contribution in [2.45, 2.75) is 83.5 Å². The number of benzene rings is 1. The summed E-state index contributed by atoms with van der Waals surface area (Å²) >= 11 is 0. The van der Waals surface area contributed by atoms with Gasteiger partial charge in [0.15, 0.2) is 0 Å². The van der Waals surface area contributed by atoms with Gasteiger partial charge in [-0.3, -0.25) is 14.4 Å². The Kier molecular flexibility index (Phi) is 5.60. The van der Waals surface area contributed by atoms with E-state index in [2.05, 4.69) is 34.2 Å². The Morgan fingerprint density at radius 2 is 1.67 bits per heavy atom. The molecule has 3 fully saturated rings. The zero-order chi connectivity index (χ0) is 21.5. The molecule has 2 heterocycles. The molecule has 2 bridgehead atoms. The summed E-state index contributed by atoms with van der Waals surface area (Å²) < 4.78 is 0. The van der Waals surface area contributed by atoms with E-state index in [0.29, 0.717) is 0 Å². The van der Waals surface area contributed by atoms with Gasteiger partial charge in [-0.15, -0.1) is 0 Å². The summed E-state index contributed by atoms with van der Waals surface area (Å²) in [6.07, 6.45) is 5.79. The smallest absolute Gasteiger partial charge is 0.242 e. The number of likely N-dealkylation sites (tertiary alicyclic amines) is 2. The van der Waals surface area contributed by atoms with Crippen molar-refractivity contribution in [1.82, 2.24) is 15.1 Å². The quantitative estimate of drug-likeness (QED) is 0.828. The van der Waals surface area contributed by atoms with E-state index in [1.807, 2.05) is 18.2 Å². The lowest BCUT2D eigenvalue weighted by Gasteiger charge is -2.50. The Morgan fingerprint density at radius 1 is 1.03 bits per heavy atom. The Labute approximate surface area is 179 Å². The van der Waals surface area contributed by atoms with Crippen LogP contribution in [0.25, 0.3) is 0 Å². The lowest BCUT2D eigenvalue weighted by molar-refractivity contribution is -0.143. The monoisotopic (exact) mass is 411 g/mol. The second kappa shape index (κ2) is 8.05. The Bertz CT molecular complexity index is 826. The van der Waals surface area contributed by atoms with Crippen LogP contribution in [0.1, 0.15) is 58.4 Å². The maximum atomic E-state index is 13.3. The zero-order valence-electron chi connectivity index (χ0n) is 18.3. The highest BCUT2D eigenvalue weighted by atomic mass is 16.2. The molecule has 3 amide bonds. The lowest BCUT2D eigenvalue weighted by atomic mass is 9.69. The van der Waals surface area contributed by atoms with Crippen LogP contribution in [0.5, 0.6) is 0 Å². The number of carbonyl (C=O) groups is 3. The fourth-order valence-electron chi connectivity index (χ4n) is 6.45. The second-order valence-electron chi connectivity index (χ2n) is 9.49. The number of nitrogens with zero attached hydrogens (tertiary/aromatic N) is 2. The molecule has 3 aliphatic rings. The molecule has 30 heavy (non-hydrogen) atoms. The van der Waals surface area contributed by atoms with E-state index in [0.717, 1.165) is 38.5 Å². The van der Waals surface area contributed by atoms with Crippen molar-refractivity contribution in [3.05, 3.63) is 35.9 Å². The summed E-state index contributed by atoms with van der Waals surface area (Å²) in [5.41, 5.74) is 1.09. The van der Waals surface area contributed by atoms with E-state index in [-0.39, 0.29) is 53.8 Å². The number of hydrogen-bond donors (Lipinski definition) is 1. The standard InChI is InChI=1S/C24H33N3O3/c1-16(28)25-15-23(30)27-20-14-24(3)21(11-7-8-12-22(24)27)26(17(2)29)19(20)13-18-9-5-4-6-10-18/h4-6,9-10,19-22H,7-8,11-15H2,1-3H3,(H,25,28)/t19-,20-,21+,22-,24+/m0/s1. The molecule has 4 rings (SSSR count). The first-order chi connectivity index (χ1) is 14.3. The Morgan fingerprint density at radius 3 is 2.27 bits per heavy atom. The van der Waals surface area contributed by atoms with Gasteiger partial charge < -0.3 is 15.1 Å².